The molecule has 0 atom stereocenters. The van der Waals surface area contributed by atoms with Gasteiger partial charge in [-0.2, -0.15) is 0 Å². The molecule has 6 nitrogen and oxygen atoms in total. The first kappa shape index (κ1) is 12.9. The number of nitrogen functional groups attached to an aromatic ring is 1. The van der Waals surface area contributed by atoms with Crippen molar-refractivity contribution in [3.8, 4) is 22.8 Å². The average Bonchev–Trinajstić information content (AvgIpc) is 2.93. The average molecular weight is 280 g/mol. The van der Waals surface area contributed by atoms with Crippen molar-refractivity contribution in [1.29, 1.82) is 0 Å². The van der Waals surface area contributed by atoms with Crippen LogP contribution >= 0.6 is 0 Å². The number of amides is 1. The van der Waals surface area contributed by atoms with Gasteiger partial charge in [-0.25, -0.2) is 9.97 Å². The van der Waals surface area contributed by atoms with Crippen LogP contribution in [0.25, 0.3) is 22.8 Å². The lowest BCUT2D eigenvalue weighted by Crippen LogP contribution is -2.10. The summed E-state index contributed by atoms with van der Waals surface area (Å²) < 4.78 is 5.76. The van der Waals surface area contributed by atoms with Gasteiger partial charge in [-0.3, -0.25) is 4.79 Å². The molecule has 1 aromatic carbocycles. The summed E-state index contributed by atoms with van der Waals surface area (Å²) in [6.07, 6.45) is 1.52. The van der Waals surface area contributed by atoms with Gasteiger partial charge in [-0.15, -0.1) is 0 Å². The molecule has 104 valence electrons. The molecule has 0 aliphatic rings. The molecule has 21 heavy (non-hydrogen) atoms. The molecule has 3 rings (SSSR count). The minimum Gasteiger partial charge on any atom is -0.454 e. The third-order valence-corrected chi connectivity index (χ3v) is 2.96. The highest BCUT2D eigenvalue weighted by Crippen LogP contribution is 2.31. The zero-order valence-corrected chi connectivity index (χ0v) is 11.0. The van der Waals surface area contributed by atoms with E-state index in [0.29, 0.717) is 22.8 Å². The number of furan rings is 1. The number of anilines is 1. The lowest BCUT2D eigenvalue weighted by molar-refractivity contribution is 0.100. The van der Waals surface area contributed by atoms with E-state index in [0.717, 1.165) is 5.56 Å². The summed E-state index contributed by atoms with van der Waals surface area (Å²) >= 11 is 0. The monoisotopic (exact) mass is 280 g/mol. The fourth-order valence-electron chi connectivity index (χ4n) is 2.02. The summed E-state index contributed by atoms with van der Waals surface area (Å²) in [5.41, 5.74) is 12.5. The standard InChI is InChI=1S/C15H12N4O2/c16-14(20)10-8-12(11-6-7-18-15(17)19-11)21-13(10)9-4-2-1-3-5-9/h1-8H,(H2,16,20)(H2,17,18,19). The molecular formula is C15H12N4O2. The van der Waals surface area contributed by atoms with Crippen molar-refractivity contribution in [2.45, 2.75) is 0 Å². The fourth-order valence-corrected chi connectivity index (χ4v) is 2.02. The van der Waals surface area contributed by atoms with Crippen LogP contribution in [0.5, 0.6) is 0 Å². The highest BCUT2D eigenvalue weighted by atomic mass is 16.3. The van der Waals surface area contributed by atoms with Crippen molar-refractivity contribution in [3.63, 3.8) is 0 Å². The molecule has 3 aromatic rings. The fraction of sp³-hybridized carbons (Fsp3) is 0. The Morgan fingerprint density at radius 1 is 1.14 bits per heavy atom. The minimum absolute atomic E-state index is 0.130. The van der Waals surface area contributed by atoms with Crippen LogP contribution in [0.3, 0.4) is 0 Å². The van der Waals surface area contributed by atoms with Gasteiger partial charge in [0.2, 0.25) is 5.95 Å². The highest BCUT2D eigenvalue weighted by molar-refractivity contribution is 5.99. The molecule has 4 N–H and O–H groups in total. The Morgan fingerprint density at radius 2 is 1.90 bits per heavy atom. The third-order valence-electron chi connectivity index (χ3n) is 2.96. The van der Waals surface area contributed by atoms with E-state index in [4.69, 9.17) is 15.9 Å². The number of hydrogen-bond donors (Lipinski definition) is 2. The molecule has 0 aliphatic carbocycles. The Kier molecular flexibility index (Phi) is 3.12. The number of nitrogens with two attached hydrogens (primary N) is 2. The van der Waals surface area contributed by atoms with Crippen LogP contribution in [0.4, 0.5) is 5.95 Å². The highest BCUT2D eigenvalue weighted by Gasteiger charge is 2.18. The SMILES string of the molecule is NC(=O)c1cc(-c2ccnc(N)n2)oc1-c1ccccc1. The normalized spacial score (nSPS) is 10.5. The molecule has 0 unspecified atom stereocenters. The zero-order valence-electron chi connectivity index (χ0n) is 11.0. The predicted octanol–water partition coefficient (Wildman–Crippen LogP) is 2.08. The van der Waals surface area contributed by atoms with Crippen LogP contribution < -0.4 is 11.5 Å². The van der Waals surface area contributed by atoms with E-state index < -0.39 is 5.91 Å². The molecule has 0 spiro atoms. The Balaban J connectivity index is 2.15. The van der Waals surface area contributed by atoms with Gasteiger partial charge in [0.25, 0.3) is 5.91 Å². The van der Waals surface area contributed by atoms with Gasteiger partial charge in [0.05, 0.1) is 5.56 Å². The first-order chi connectivity index (χ1) is 10.1. The van der Waals surface area contributed by atoms with Crippen LogP contribution in [-0.4, -0.2) is 15.9 Å². The van der Waals surface area contributed by atoms with Crippen LogP contribution in [-0.2, 0) is 0 Å². The smallest absolute Gasteiger partial charge is 0.252 e. The summed E-state index contributed by atoms with van der Waals surface area (Å²) in [5.74, 6) is 0.392. The number of primary amides is 1. The van der Waals surface area contributed by atoms with Crippen molar-refractivity contribution in [2.75, 3.05) is 5.73 Å². The van der Waals surface area contributed by atoms with Crippen LogP contribution in [0.15, 0.2) is 53.1 Å². The lowest BCUT2D eigenvalue weighted by Gasteiger charge is -1.99. The van der Waals surface area contributed by atoms with E-state index >= 15 is 0 Å². The molecule has 0 fully saturated rings. The van der Waals surface area contributed by atoms with Crippen molar-refractivity contribution in [2.24, 2.45) is 5.73 Å². The summed E-state index contributed by atoms with van der Waals surface area (Å²) in [7, 11) is 0. The van der Waals surface area contributed by atoms with Gasteiger partial charge >= 0.3 is 0 Å². The van der Waals surface area contributed by atoms with Gasteiger partial charge in [-0.1, -0.05) is 30.3 Å². The first-order valence-corrected chi connectivity index (χ1v) is 6.23. The molecule has 0 aliphatic heterocycles. The van der Waals surface area contributed by atoms with E-state index in [2.05, 4.69) is 9.97 Å². The van der Waals surface area contributed by atoms with Crippen LogP contribution in [0, 0.1) is 0 Å². The quantitative estimate of drug-likeness (QED) is 0.763. The number of carbonyl (C=O) groups excluding carboxylic acids is 1. The summed E-state index contributed by atoms with van der Waals surface area (Å²) in [4.78, 5) is 19.5. The van der Waals surface area contributed by atoms with E-state index in [1.54, 1.807) is 12.1 Å². The van der Waals surface area contributed by atoms with Crippen molar-refractivity contribution in [1.82, 2.24) is 9.97 Å². The van der Waals surface area contributed by atoms with Crippen molar-refractivity contribution in [3.05, 3.63) is 54.2 Å². The lowest BCUT2D eigenvalue weighted by atomic mass is 10.1. The largest absolute Gasteiger partial charge is 0.454 e. The Bertz CT molecular complexity index is 796. The molecule has 0 saturated carbocycles. The summed E-state index contributed by atoms with van der Waals surface area (Å²) in [5, 5.41) is 0. The van der Waals surface area contributed by atoms with E-state index in [1.165, 1.54) is 6.20 Å². The number of hydrogen-bond acceptors (Lipinski definition) is 5. The number of rotatable bonds is 3. The Hall–Kier alpha value is -3.15. The maximum absolute atomic E-state index is 11.6. The van der Waals surface area contributed by atoms with Gasteiger partial charge in [0, 0.05) is 11.8 Å². The van der Waals surface area contributed by atoms with Crippen LogP contribution in [0.2, 0.25) is 0 Å². The van der Waals surface area contributed by atoms with Gasteiger partial charge < -0.3 is 15.9 Å². The number of carbonyl (C=O) groups is 1. The third kappa shape index (κ3) is 2.46. The number of aromatic nitrogens is 2. The zero-order chi connectivity index (χ0) is 14.8. The second-order valence-corrected chi connectivity index (χ2v) is 4.38. The minimum atomic E-state index is -0.564. The second kappa shape index (κ2) is 5.09. The molecular weight excluding hydrogens is 268 g/mol. The van der Waals surface area contributed by atoms with Crippen molar-refractivity contribution < 1.29 is 9.21 Å². The van der Waals surface area contributed by atoms with Gasteiger partial charge in [0.1, 0.15) is 11.5 Å². The molecule has 0 radical (unpaired) electrons. The maximum Gasteiger partial charge on any atom is 0.252 e. The number of nitrogens with zero attached hydrogens (tertiary/aromatic N) is 2. The van der Waals surface area contributed by atoms with Crippen molar-refractivity contribution >= 4 is 11.9 Å². The second-order valence-electron chi connectivity index (χ2n) is 4.38. The number of benzene rings is 1. The van der Waals surface area contributed by atoms with Crippen LogP contribution in [0.1, 0.15) is 10.4 Å². The van der Waals surface area contributed by atoms with Gasteiger partial charge in [0.15, 0.2) is 5.76 Å². The topological polar surface area (TPSA) is 108 Å². The van der Waals surface area contributed by atoms with E-state index in [-0.39, 0.29) is 5.95 Å². The summed E-state index contributed by atoms with van der Waals surface area (Å²) in [6.45, 7) is 0. The molecule has 2 aromatic heterocycles. The predicted molar refractivity (Wildman–Crippen MR) is 78.1 cm³/mol. The molecule has 1 amide bonds. The maximum atomic E-state index is 11.6. The van der Waals surface area contributed by atoms with E-state index in [9.17, 15) is 4.79 Å². The molecule has 6 heteroatoms. The Labute approximate surface area is 120 Å². The molecule has 2 heterocycles. The molecule has 0 bridgehead atoms. The van der Waals surface area contributed by atoms with Gasteiger partial charge in [-0.05, 0) is 12.1 Å². The molecule has 0 saturated heterocycles. The Morgan fingerprint density at radius 3 is 2.57 bits per heavy atom. The first-order valence-electron chi connectivity index (χ1n) is 6.23. The van der Waals surface area contributed by atoms with E-state index in [1.807, 2.05) is 30.3 Å². The summed E-state index contributed by atoms with van der Waals surface area (Å²) in [6, 6.07) is 12.5.